The first kappa shape index (κ1) is 13.5. The largest absolute Gasteiger partial charge is 0.490 e. The van der Waals surface area contributed by atoms with Crippen LogP contribution in [-0.4, -0.2) is 28.4 Å². The lowest BCUT2D eigenvalue weighted by molar-refractivity contribution is -0.159. The van der Waals surface area contributed by atoms with E-state index in [0.717, 1.165) is 12.8 Å². The van der Waals surface area contributed by atoms with Crippen LogP contribution in [0.4, 0.5) is 0 Å². The molecule has 0 saturated carbocycles. The predicted molar refractivity (Wildman–Crippen MR) is 64.2 cm³/mol. The second kappa shape index (κ2) is 5.68. The minimum absolute atomic E-state index is 0.268. The summed E-state index contributed by atoms with van der Waals surface area (Å²) in [5.41, 5.74) is -0.646. The van der Waals surface area contributed by atoms with Gasteiger partial charge in [-0.1, -0.05) is 25.5 Å². The molecule has 4 nitrogen and oxygen atoms in total. The Morgan fingerprint density at radius 2 is 1.94 bits per heavy atom. The van der Waals surface area contributed by atoms with Crippen molar-refractivity contribution < 1.29 is 19.7 Å². The van der Waals surface area contributed by atoms with E-state index in [1.807, 2.05) is 12.1 Å². The van der Waals surface area contributed by atoms with Crippen molar-refractivity contribution >= 4 is 5.97 Å². The molecule has 2 N–H and O–H groups in total. The Balaban J connectivity index is 2.55. The topological polar surface area (TPSA) is 66.8 Å². The van der Waals surface area contributed by atoms with Gasteiger partial charge in [0.05, 0.1) is 0 Å². The van der Waals surface area contributed by atoms with Crippen molar-refractivity contribution in [2.24, 2.45) is 0 Å². The summed E-state index contributed by atoms with van der Waals surface area (Å²) in [5.74, 6) is -0.730. The fourth-order valence-electron chi connectivity index (χ4n) is 1.33. The maximum atomic E-state index is 10.7. The first-order chi connectivity index (χ1) is 7.95. The molecule has 1 aromatic rings. The van der Waals surface area contributed by atoms with Gasteiger partial charge in [-0.05, 0) is 31.0 Å². The summed E-state index contributed by atoms with van der Waals surface area (Å²) >= 11 is 0. The van der Waals surface area contributed by atoms with Crippen LogP contribution in [-0.2, 0) is 11.2 Å². The van der Waals surface area contributed by atoms with Gasteiger partial charge in [-0.15, -0.1) is 0 Å². The number of carbonyl (C=O) groups is 1. The van der Waals surface area contributed by atoms with Crippen LogP contribution in [0.5, 0.6) is 5.75 Å². The molecule has 0 aliphatic rings. The number of aliphatic hydroxyl groups is 1. The average molecular weight is 238 g/mol. The third-order valence-corrected chi connectivity index (χ3v) is 2.44. The number of aliphatic carboxylic acids is 1. The molecule has 0 saturated heterocycles. The number of benzene rings is 1. The summed E-state index contributed by atoms with van der Waals surface area (Å²) in [6.07, 6.45) is 2.08. The van der Waals surface area contributed by atoms with E-state index in [-0.39, 0.29) is 6.61 Å². The zero-order valence-electron chi connectivity index (χ0n) is 10.1. The third-order valence-electron chi connectivity index (χ3n) is 2.44. The highest BCUT2D eigenvalue weighted by Crippen LogP contribution is 2.15. The highest BCUT2D eigenvalue weighted by Gasteiger charge is 2.30. The van der Waals surface area contributed by atoms with Gasteiger partial charge in [-0.25, -0.2) is 4.79 Å². The Labute approximate surface area is 101 Å². The van der Waals surface area contributed by atoms with Crippen molar-refractivity contribution in [1.82, 2.24) is 0 Å². The number of ether oxygens (including phenoxy) is 1. The van der Waals surface area contributed by atoms with Gasteiger partial charge in [0.15, 0.2) is 5.60 Å². The van der Waals surface area contributed by atoms with Crippen LogP contribution in [0.25, 0.3) is 0 Å². The molecular weight excluding hydrogens is 220 g/mol. The van der Waals surface area contributed by atoms with Gasteiger partial charge in [0.2, 0.25) is 0 Å². The van der Waals surface area contributed by atoms with Crippen molar-refractivity contribution in [2.45, 2.75) is 32.3 Å². The van der Waals surface area contributed by atoms with Gasteiger partial charge < -0.3 is 14.9 Å². The first-order valence-corrected chi connectivity index (χ1v) is 5.63. The zero-order valence-corrected chi connectivity index (χ0v) is 10.1. The summed E-state index contributed by atoms with van der Waals surface area (Å²) in [5, 5.41) is 18.2. The number of rotatable bonds is 6. The molecule has 0 aliphatic carbocycles. The van der Waals surface area contributed by atoms with E-state index in [1.165, 1.54) is 12.5 Å². The summed E-state index contributed by atoms with van der Waals surface area (Å²) < 4.78 is 5.23. The summed E-state index contributed by atoms with van der Waals surface area (Å²) in [4.78, 5) is 10.7. The second-order valence-electron chi connectivity index (χ2n) is 4.26. The van der Waals surface area contributed by atoms with Gasteiger partial charge in [0, 0.05) is 0 Å². The Morgan fingerprint density at radius 3 is 2.41 bits per heavy atom. The number of carboxylic acids is 1. The van der Waals surface area contributed by atoms with Crippen LogP contribution in [0.3, 0.4) is 0 Å². The molecule has 4 heteroatoms. The maximum Gasteiger partial charge on any atom is 0.339 e. The Hall–Kier alpha value is -1.55. The van der Waals surface area contributed by atoms with Crippen molar-refractivity contribution in [3.63, 3.8) is 0 Å². The first-order valence-electron chi connectivity index (χ1n) is 5.63. The van der Waals surface area contributed by atoms with Gasteiger partial charge in [-0.2, -0.15) is 0 Å². The van der Waals surface area contributed by atoms with Crippen molar-refractivity contribution in [2.75, 3.05) is 6.61 Å². The molecule has 1 rings (SSSR count). The van der Waals surface area contributed by atoms with E-state index in [1.54, 1.807) is 12.1 Å². The van der Waals surface area contributed by atoms with E-state index in [4.69, 9.17) is 9.84 Å². The monoisotopic (exact) mass is 238 g/mol. The SMILES string of the molecule is CCCc1ccc(OCC(C)(O)C(=O)O)cc1. The van der Waals surface area contributed by atoms with E-state index in [2.05, 4.69) is 6.92 Å². The lowest BCUT2D eigenvalue weighted by atomic mass is 10.1. The molecular formula is C13H18O4. The van der Waals surface area contributed by atoms with Crippen LogP contribution in [0.2, 0.25) is 0 Å². The molecule has 94 valence electrons. The summed E-state index contributed by atoms with van der Waals surface area (Å²) in [6, 6.07) is 7.44. The smallest absolute Gasteiger partial charge is 0.339 e. The number of aryl methyl sites for hydroxylation is 1. The standard InChI is InChI=1S/C13H18O4/c1-3-4-10-5-7-11(8-6-10)17-9-13(2,16)12(14)15/h5-8,16H,3-4,9H2,1-2H3,(H,14,15). The second-order valence-corrected chi connectivity index (χ2v) is 4.26. The normalized spacial score (nSPS) is 14.1. The maximum absolute atomic E-state index is 10.7. The molecule has 0 radical (unpaired) electrons. The number of hydrogen-bond acceptors (Lipinski definition) is 3. The van der Waals surface area contributed by atoms with Crippen LogP contribution < -0.4 is 4.74 Å². The Kier molecular flexibility index (Phi) is 4.52. The molecule has 0 heterocycles. The van der Waals surface area contributed by atoms with Crippen LogP contribution in [0, 0.1) is 0 Å². The van der Waals surface area contributed by atoms with E-state index in [9.17, 15) is 9.90 Å². The Bertz CT molecular complexity index is 368. The van der Waals surface area contributed by atoms with Gasteiger partial charge >= 0.3 is 5.97 Å². The van der Waals surface area contributed by atoms with E-state index >= 15 is 0 Å². The lowest BCUT2D eigenvalue weighted by Gasteiger charge is -2.18. The molecule has 0 aromatic heterocycles. The van der Waals surface area contributed by atoms with Crippen molar-refractivity contribution in [1.29, 1.82) is 0 Å². The summed E-state index contributed by atoms with van der Waals surface area (Å²) in [7, 11) is 0. The molecule has 1 aromatic carbocycles. The van der Waals surface area contributed by atoms with Crippen molar-refractivity contribution in [3.05, 3.63) is 29.8 Å². The molecule has 0 bridgehead atoms. The molecule has 1 unspecified atom stereocenters. The van der Waals surface area contributed by atoms with Gasteiger partial charge in [0.25, 0.3) is 0 Å². The fourth-order valence-corrected chi connectivity index (χ4v) is 1.33. The molecule has 0 spiro atoms. The molecule has 0 fully saturated rings. The van der Waals surface area contributed by atoms with E-state index in [0.29, 0.717) is 5.75 Å². The van der Waals surface area contributed by atoms with Crippen molar-refractivity contribution in [3.8, 4) is 5.75 Å². The highest BCUT2D eigenvalue weighted by atomic mass is 16.5. The minimum atomic E-state index is -1.86. The minimum Gasteiger partial charge on any atom is -0.490 e. The molecule has 0 aliphatic heterocycles. The fraction of sp³-hybridized carbons (Fsp3) is 0.462. The van der Waals surface area contributed by atoms with Gasteiger partial charge in [-0.3, -0.25) is 0 Å². The molecule has 1 atom stereocenters. The van der Waals surface area contributed by atoms with Crippen LogP contribution >= 0.6 is 0 Å². The molecule has 17 heavy (non-hydrogen) atoms. The number of hydrogen-bond donors (Lipinski definition) is 2. The quantitative estimate of drug-likeness (QED) is 0.793. The van der Waals surface area contributed by atoms with E-state index < -0.39 is 11.6 Å². The molecule has 0 amide bonds. The highest BCUT2D eigenvalue weighted by molar-refractivity contribution is 5.76. The lowest BCUT2D eigenvalue weighted by Crippen LogP contribution is -2.41. The van der Waals surface area contributed by atoms with Crippen LogP contribution in [0.1, 0.15) is 25.8 Å². The zero-order chi connectivity index (χ0) is 12.9. The van der Waals surface area contributed by atoms with Gasteiger partial charge in [0.1, 0.15) is 12.4 Å². The predicted octanol–water partition coefficient (Wildman–Crippen LogP) is 1.85. The number of carboxylic acid groups (broad SMARTS) is 1. The average Bonchev–Trinajstić information content (AvgIpc) is 2.28. The third kappa shape index (κ3) is 4.07. The van der Waals surface area contributed by atoms with Crippen LogP contribution in [0.15, 0.2) is 24.3 Å². The Morgan fingerprint density at radius 1 is 1.35 bits per heavy atom. The summed E-state index contributed by atoms with van der Waals surface area (Å²) in [6.45, 7) is 3.05.